The predicted molar refractivity (Wildman–Crippen MR) is 55.1 cm³/mol. The minimum absolute atomic E-state index is 0.0463. The van der Waals surface area contributed by atoms with Crippen LogP contribution in [0.25, 0.3) is 0 Å². The zero-order valence-corrected chi connectivity index (χ0v) is 9.41. The topological polar surface area (TPSA) is 69.6 Å². The van der Waals surface area contributed by atoms with Crippen molar-refractivity contribution in [3.8, 4) is 0 Å². The number of carbonyl (C=O) groups excluding carboxylic acids is 2. The molecule has 0 radical (unpaired) electrons. The van der Waals surface area contributed by atoms with Gasteiger partial charge in [0.2, 0.25) is 11.8 Å². The Kier molecular flexibility index (Phi) is 3.46. The molecule has 1 atom stereocenters. The second-order valence-corrected chi connectivity index (χ2v) is 4.75. The number of likely N-dealkylation sites (tertiary alicyclic amines) is 1. The Morgan fingerprint density at radius 3 is 2.53 bits per heavy atom. The first-order chi connectivity index (χ1) is 6.87. The molecule has 1 saturated heterocycles. The molecular formula is C10H18N2O3. The van der Waals surface area contributed by atoms with Gasteiger partial charge in [0.15, 0.2) is 0 Å². The van der Waals surface area contributed by atoms with Gasteiger partial charge in [0, 0.05) is 25.6 Å². The summed E-state index contributed by atoms with van der Waals surface area (Å²) in [5, 5.41) is 12.0. The minimum Gasteiger partial charge on any atom is -0.396 e. The molecule has 2 N–H and O–H groups in total. The summed E-state index contributed by atoms with van der Waals surface area (Å²) < 4.78 is 0. The summed E-state index contributed by atoms with van der Waals surface area (Å²) in [5.41, 5.74) is -0.273. The van der Waals surface area contributed by atoms with Crippen molar-refractivity contribution in [2.24, 2.45) is 5.41 Å². The molecule has 5 nitrogen and oxygen atoms in total. The van der Waals surface area contributed by atoms with Crippen molar-refractivity contribution in [3.05, 3.63) is 0 Å². The second kappa shape index (κ2) is 4.28. The Morgan fingerprint density at radius 1 is 1.53 bits per heavy atom. The van der Waals surface area contributed by atoms with E-state index >= 15 is 0 Å². The number of aliphatic hydroxyl groups is 1. The summed E-state index contributed by atoms with van der Waals surface area (Å²) in [4.78, 5) is 23.8. The smallest absolute Gasteiger partial charge is 0.246 e. The van der Waals surface area contributed by atoms with E-state index in [0.717, 1.165) is 4.90 Å². The fourth-order valence-corrected chi connectivity index (χ4v) is 1.37. The third-order valence-electron chi connectivity index (χ3n) is 2.64. The second-order valence-electron chi connectivity index (χ2n) is 4.75. The van der Waals surface area contributed by atoms with Gasteiger partial charge in [0.25, 0.3) is 0 Å². The van der Waals surface area contributed by atoms with E-state index in [9.17, 15) is 9.59 Å². The molecular weight excluding hydrogens is 196 g/mol. The number of carbonyl (C=O) groups is 2. The monoisotopic (exact) mass is 214 g/mol. The van der Waals surface area contributed by atoms with Crippen LogP contribution in [0.3, 0.4) is 0 Å². The van der Waals surface area contributed by atoms with Crippen molar-refractivity contribution in [3.63, 3.8) is 0 Å². The number of rotatable bonds is 4. The Bertz CT molecular complexity index is 276. The number of aliphatic hydroxyl groups excluding tert-OH is 1. The van der Waals surface area contributed by atoms with Crippen LogP contribution in [0.5, 0.6) is 0 Å². The molecule has 0 aliphatic carbocycles. The van der Waals surface area contributed by atoms with Crippen LogP contribution in [0, 0.1) is 5.41 Å². The maximum atomic E-state index is 11.5. The number of amides is 2. The fourth-order valence-electron chi connectivity index (χ4n) is 1.37. The lowest BCUT2D eigenvalue weighted by atomic mass is 9.94. The van der Waals surface area contributed by atoms with Crippen molar-refractivity contribution >= 4 is 11.8 Å². The van der Waals surface area contributed by atoms with Gasteiger partial charge in [0.05, 0.1) is 12.5 Å². The van der Waals surface area contributed by atoms with Crippen molar-refractivity contribution in [1.29, 1.82) is 0 Å². The number of likely N-dealkylation sites (N-methyl/N-ethyl adjacent to an activating group) is 1. The van der Waals surface area contributed by atoms with Crippen LogP contribution in [-0.2, 0) is 9.59 Å². The van der Waals surface area contributed by atoms with Crippen LogP contribution < -0.4 is 5.32 Å². The van der Waals surface area contributed by atoms with Crippen molar-refractivity contribution in [2.75, 3.05) is 20.2 Å². The third-order valence-corrected chi connectivity index (χ3v) is 2.64. The first-order valence-corrected chi connectivity index (χ1v) is 5.02. The van der Waals surface area contributed by atoms with Gasteiger partial charge >= 0.3 is 0 Å². The summed E-state index contributed by atoms with van der Waals surface area (Å²) in [7, 11) is 1.49. The highest BCUT2D eigenvalue weighted by Gasteiger charge is 2.36. The first-order valence-electron chi connectivity index (χ1n) is 5.02. The lowest BCUT2D eigenvalue weighted by molar-refractivity contribution is -0.137. The highest BCUT2D eigenvalue weighted by Crippen LogP contribution is 2.15. The van der Waals surface area contributed by atoms with E-state index in [4.69, 9.17) is 5.11 Å². The predicted octanol–water partition coefficient (Wildman–Crippen LogP) is -0.648. The van der Waals surface area contributed by atoms with E-state index in [1.165, 1.54) is 7.05 Å². The zero-order chi connectivity index (χ0) is 11.6. The van der Waals surface area contributed by atoms with E-state index < -0.39 is 6.04 Å². The molecule has 2 amide bonds. The normalized spacial score (nSPS) is 22.7. The molecule has 5 heteroatoms. The summed E-state index contributed by atoms with van der Waals surface area (Å²) >= 11 is 0. The fraction of sp³-hybridized carbons (Fsp3) is 0.800. The molecule has 1 unspecified atom stereocenters. The molecule has 0 aromatic rings. The standard InChI is InChI=1S/C10H18N2O3/c1-10(2,6-13)5-11-7-4-8(14)12(3)9(7)15/h7,11,13H,4-6H2,1-3H3. The summed E-state index contributed by atoms with van der Waals surface area (Å²) in [6, 6.07) is -0.423. The maximum Gasteiger partial charge on any atom is 0.246 e. The van der Waals surface area contributed by atoms with E-state index in [0.29, 0.717) is 6.54 Å². The molecule has 0 aromatic carbocycles. The molecule has 1 heterocycles. The molecule has 1 rings (SSSR count). The van der Waals surface area contributed by atoms with E-state index in [1.807, 2.05) is 13.8 Å². The molecule has 15 heavy (non-hydrogen) atoms. The van der Waals surface area contributed by atoms with Crippen molar-refractivity contribution in [2.45, 2.75) is 26.3 Å². The average molecular weight is 214 g/mol. The number of imide groups is 1. The molecule has 0 aromatic heterocycles. The summed E-state index contributed by atoms with van der Waals surface area (Å²) in [6.07, 6.45) is 0.219. The van der Waals surface area contributed by atoms with Crippen LogP contribution in [0.4, 0.5) is 0 Å². The van der Waals surface area contributed by atoms with Crippen LogP contribution in [0.1, 0.15) is 20.3 Å². The maximum absolute atomic E-state index is 11.5. The van der Waals surface area contributed by atoms with Gasteiger partial charge in [0.1, 0.15) is 0 Å². The SMILES string of the molecule is CN1C(=O)CC(NCC(C)(C)CO)C1=O. The van der Waals surface area contributed by atoms with Gasteiger partial charge in [-0.05, 0) is 0 Å². The quantitative estimate of drug-likeness (QED) is 0.610. The van der Waals surface area contributed by atoms with Gasteiger partial charge in [-0.1, -0.05) is 13.8 Å². The molecule has 1 fully saturated rings. The molecule has 0 saturated carbocycles. The Labute approximate surface area is 89.4 Å². The van der Waals surface area contributed by atoms with Crippen LogP contribution in [0.2, 0.25) is 0 Å². The lowest BCUT2D eigenvalue weighted by Crippen LogP contribution is -2.42. The highest BCUT2D eigenvalue weighted by atomic mass is 16.3. The third kappa shape index (κ3) is 2.76. The van der Waals surface area contributed by atoms with Crippen molar-refractivity contribution in [1.82, 2.24) is 10.2 Å². The minimum atomic E-state index is -0.423. The van der Waals surface area contributed by atoms with Gasteiger partial charge in [-0.2, -0.15) is 0 Å². The average Bonchev–Trinajstić information content (AvgIpc) is 2.43. The van der Waals surface area contributed by atoms with Crippen LogP contribution in [0.15, 0.2) is 0 Å². The van der Waals surface area contributed by atoms with Gasteiger partial charge in [-0.15, -0.1) is 0 Å². The van der Waals surface area contributed by atoms with Gasteiger partial charge in [-0.25, -0.2) is 0 Å². The summed E-state index contributed by atoms with van der Waals surface area (Å²) in [5.74, 6) is -0.340. The molecule has 0 spiro atoms. The van der Waals surface area contributed by atoms with Crippen LogP contribution in [-0.4, -0.2) is 48.1 Å². The molecule has 86 valence electrons. The zero-order valence-electron chi connectivity index (χ0n) is 9.41. The molecule has 1 aliphatic heterocycles. The van der Waals surface area contributed by atoms with Gasteiger partial charge < -0.3 is 10.4 Å². The number of hydrogen-bond donors (Lipinski definition) is 2. The molecule has 1 aliphatic rings. The number of nitrogens with one attached hydrogen (secondary N) is 1. The Balaban J connectivity index is 2.48. The van der Waals surface area contributed by atoms with Crippen LogP contribution >= 0.6 is 0 Å². The number of nitrogens with zero attached hydrogens (tertiary/aromatic N) is 1. The van der Waals surface area contributed by atoms with E-state index in [2.05, 4.69) is 5.32 Å². The van der Waals surface area contributed by atoms with E-state index in [-0.39, 0.29) is 30.3 Å². The largest absolute Gasteiger partial charge is 0.396 e. The van der Waals surface area contributed by atoms with Crippen molar-refractivity contribution < 1.29 is 14.7 Å². The Hall–Kier alpha value is -0.940. The first kappa shape index (κ1) is 12.1. The van der Waals surface area contributed by atoms with Gasteiger partial charge in [-0.3, -0.25) is 14.5 Å². The number of hydrogen-bond acceptors (Lipinski definition) is 4. The lowest BCUT2D eigenvalue weighted by Gasteiger charge is -2.23. The molecule has 0 bridgehead atoms. The highest BCUT2D eigenvalue weighted by molar-refractivity contribution is 6.05. The van der Waals surface area contributed by atoms with E-state index in [1.54, 1.807) is 0 Å². The summed E-state index contributed by atoms with van der Waals surface area (Å²) in [6.45, 7) is 4.35. The Morgan fingerprint density at radius 2 is 2.13 bits per heavy atom.